The van der Waals surface area contributed by atoms with Gasteiger partial charge in [-0.15, -0.1) is 0 Å². The molecular formula is C7H5Cl2F3N2. The van der Waals surface area contributed by atoms with E-state index in [1.165, 1.54) is 0 Å². The van der Waals surface area contributed by atoms with Crippen molar-refractivity contribution in [2.45, 2.75) is 12.2 Å². The Kier molecular flexibility index (Phi) is 3.24. The fourth-order valence-corrected chi connectivity index (χ4v) is 1.31. The minimum Gasteiger partial charge on any atom is -0.315 e. The Labute approximate surface area is 87.8 Å². The summed E-state index contributed by atoms with van der Waals surface area (Å²) in [6.07, 6.45) is -3.50. The zero-order chi connectivity index (χ0) is 10.9. The largest absolute Gasteiger partial charge is 0.409 e. The smallest absolute Gasteiger partial charge is 0.315 e. The first-order valence-corrected chi connectivity index (χ1v) is 4.21. The van der Waals surface area contributed by atoms with Crippen LogP contribution < -0.4 is 5.73 Å². The van der Waals surface area contributed by atoms with Gasteiger partial charge < -0.3 is 5.73 Å². The fraction of sp³-hybridized carbons (Fsp3) is 0.286. The van der Waals surface area contributed by atoms with Gasteiger partial charge in [-0.25, -0.2) is 0 Å². The highest BCUT2D eigenvalue weighted by molar-refractivity contribution is 6.34. The van der Waals surface area contributed by atoms with Crippen molar-refractivity contribution in [1.82, 2.24) is 4.98 Å². The number of aromatic nitrogens is 1. The van der Waals surface area contributed by atoms with Gasteiger partial charge in [0.15, 0.2) is 0 Å². The third-order valence-electron chi connectivity index (χ3n) is 1.48. The summed E-state index contributed by atoms with van der Waals surface area (Å²) in [5, 5.41) is -0.0320. The SMILES string of the molecule is NC(c1ncc(Cl)cc1Cl)C(F)(F)F. The monoisotopic (exact) mass is 244 g/mol. The summed E-state index contributed by atoms with van der Waals surface area (Å²) in [6, 6.07) is -1.02. The van der Waals surface area contributed by atoms with E-state index in [1.54, 1.807) is 0 Å². The molecule has 1 rings (SSSR count). The van der Waals surface area contributed by atoms with Crippen molar-refractivity contribution in [1.29, 1.82) is 0 Å². The Morgan fingerprint density at radius 3 is 2.36 bits per heavy atom. The van der Waals surface area contributed by atoms with E-state index in [1.807, 2.05) is 0 Å². The number of halogens is 5. The molecule has 0 saturated heterocycles. The first-order chi connectivity index (χ1) is 6.32. The molecular weight excluding hydrogens is 240 g/mol. The molecule has 0 spiro atoms. The lowest BCUT2D eigenvalue weighted by Crippen LogP contribution is -2.29. The zero-order valence-corrected chi connectivity index (χ0v) is 8.16. The molecule has 0 saturated carbocycles. The second kappa shape index (κ2) is 3.92. The van der Waals surface area contributed by atoms with Crippen molar-refractivity contribution in [3.05, 3.63) is 28.0 Å². The van der Waals surface area contributed by atoms with Gasteiger partial charge in [0.25, 0.3) is 0 Å². The minimum absolute atomic E-state index is 0.160. The second-order valence-electron chi connectivity index (χ2n) is 2.54. The number of nitrogens with two attached hydrogens (primary N) is 1. The number of hydrogen-bond donors (Lipinski definition) is 1. The molecule has 0 aromatic carbocycles. The Morgan fingerprint density at radius 1 is 1.36 bits per heavy atom. The highest BCUT2D eigenvalue weighted by Crippen LogP contribution is 2.33. The molecule has 0 aliphatic carbocycles. The van der Waals surface area contributed by atoms with E-state index in [9.17, 15) is 13.2 Å². The zero-order valence-electron chi connectivity index (χ0n) is 6.65. The molecule has 78 valence electrons. The maximum atomic E-state index is 12.2. The van der Waals surface area contributed by atoms with Crippen LogP contribution in [0.4, 0.5) is 13.2 Å². The molecule has 0 fully saturated rings. The molecule has 1 aromatic rings. The Hall–Kier alpha value is -0.520. The quantitative estimate of drug-likeness (QED) is 0.825. The first-order valence-electron chi connectivity index (χ1n) is 3.45. The average molecular weight is 245 g/mol. The molecule has 2 N–H and O–H groups in total. The minimum atomic E-state index is -4.57. The van der Waals surface area contributed by atoms with Crippen molar-refractivity contribution in [3.63, 3.8) is 0 Å². The third-order valence-corrected chi connectivity index (χ3v) is 1.99. The predicted molar refractivity (Wildman–Crippen MR) is 47.2 cm³/mol. The molecule has 0 bridgehead atoms. The van der Waals surface area contributed by atoms with Gasteiger partial charge in [0, 0.05) is 6.20 Å². The predicted octanol–water partition coefficient (Wildman–Crippen LogP) is 2.95. The summed E-state index contributed by atoms with van der Waals surface area (Å²) >= 11 is 11.0. The average Bonchev–Trinajstić information content (AvgIpc) is 2.01. The van der Waals surface area contributed by atoms with Gasteiger partial charge in [0.1, 0.15) is 6.04 Å². The Bertz CT molecular complexity index is 340. The molecule has 0 aliphatic rings. The number of hydrogen-bond acceptors (Lipinski definition) is 2. The number of nitrogens with zero attached hydrogens (tertiary/aromatic N) is 1. The van der Waals surface area contributed by atoms with Crippen LogP contribution in [0.15, 0.2) is 12.3 Å². The van der Waals surface area contributed by atoms with Gasteiger partial charge in [-0.1, -0.05) is 23.2 Å². The standard InChI is InChI=1S/C7H5Cl2F3N2/c8-3-1-4(9)5(14-2-3)6(13)7(10,11)12/h1-2,6H,13H2. The fourth-order valence-electron chi connectivity index (χ4n) is 0.809. The van der Waals surface area contributed by atoms with Crippen LogP contribution in [0.2, 0.25) is 10.0 Å². The van der Waals surface area contributed by atoms with E-state index in [0.717, 1.165) is 12.3 Å². The van der Waals surface area contributed by atoms with Crippen LogP contribution in [0, 0.1) is 0 Å². The van der Waals surface area contributed by atoms with Crippen molar-refractivity contribution >= 4 is 23.2 Å². The second-order valence-corrected chi connectivity index (χ2v) is 3.38. The van der Waals surface area contributed by atoms with Gasteiger partial charge in [-0.2, -0.15) is 13.2 Å². The molecule has 0 amide bonds. The molecule has 14 heavy (non-hydrogen) atoms. The maximum absolute atomic E-state index is 12.2. The van der Waals surface area contributed by atoms with E-state index < -0.39 is 17.9 Å². The summed E-state index contributed by atoms with van der Waals surface area (Å²) in [6.45, 7) is 0. The van der Waals surface area contributed by atoms with Crippen LogP contribution in [0.3, 0.4) is 0 Å². The van der Waals surface area contributed by atoms with Crippen LogP contribution in [0.25, 0.3) is 0 Å². The summed E-state index contributed by atoms with van der Waals surface area (Å²) in [7, 11) is 0. The number of rotatable bonds is 1. The molecule has 1 atom stereocenters. The van der Waals surface area contributed by atoms with Crippen molar-refractivity contribution < 1.29 is 13.2 Å². The lowest BCUT2D eigenvalue weighted by Gasteiger charge is -2.15. The van der Waals surface area contributed by atoms with Crippen LogP contribution in [0.1, 0.15) is 11.7 Å². The normalized spacial score (nSPS) is 14.1. The van der Waals surface area contributed by atoms with E-state index in [0.29, 0.717) is 0 Å². The maximum Gasteiger partial charge on any atom is 0.409 e. The Morgan fingerprint density at radius 2 is 1.93 bits per heavy atom. The van der Waals surface area contributed by atoms with Gasteiger partial charge in [-0.05, 0) is 6.07 Å². The van der Waals surface area contributed by atoms with Crippen LogP contribution >= 0.6 is 23.2 Å². The topological polar surface area (TPSA) is 38.9 Å². The van der Waals surface area contributed by atoms with Gasteiger partial charge >= 0.3 is 6.18 Å². The van der Waals surface area contributed by atoms with Crippen molar-refractivity contribution in [2.24, 2.45) is 5.73 Å². The molecule has 0 aliphatic heterocycles. The highest BCUT2D eigenvalue weighted by atomic mass is 35.5. The van der Waals surface area contributed by atoms with Crippen LogP contribution in [0.5, 0.6) is 0 Å². The van der Waals surface area contributed by atoms with E-state index >= 15 is 0 Å². The molecule has 1 aromatic heterocycles. The third kappa shape index (κ3) is 2.50. The van der Waals surface area contributed by atoms with Crippen molar-refractivity contribution in [2.75, 3.05) is 0 Å². The van der Waals surface area contributed by atoms with Gasteiger partial charge in [-0.3, -0.25) is 4.98 Å². The number of alkyl halides is 3. The van der Waals surface area contributed by atoms with E-state index in [2.05, 4.69) is 4.98 Å². The first kappa shape index (κ1) is 11.6. The summed E-state index contributed by atoms with van der Waals surface area (Å²) in [5.74, 6) is 0. The summed E-state index contributed by atoms with van der Waals surface area (Å²) in [5.41, 5.74) is 4.48. The van der Waals surface area contributed by atoms with Crippen LogP contribution in [-0.2, 0) is 0 Å². The van der Waals surface area contributed by atoms with Crippen molar-refractivity contribution in [3.8, 4) is 0 Å². The molecule has 2 nitrogen and oxygen atoms in total. The molecule has 1 heterocycles. The summed E-state index contributed by atoms with van der Waals surface area (Å²) in [4.78, 5) is 3.44. The van der Waals surface area contributed by atoms with Gasteiger partial charge in [0.05, 0.1) is 15.7 Å². The highest BCUT2D eigenvalue weighted by Gasteiger charge is 2.39. The van der Waals surface area contributed by atoms with Crippen LogP contribution in [-0.4, -0.2) is 11.2 Å². The lowest BCUT2D eigenvalue weighted by atomic mass is 10.2. The number of pyridine rings is 1. The molecule has 1 unspecified atom stereocenters. The molecule has 7 heteroatoms. The lowest BCUT2D eigenvalue weighted by molar-refractivity contribution is -0.149. The summed E-state index contributed by atoms with van der Waals surface area (Å²) < 4.78 is 36.5. The van der Waals surface area contributed by atoms with Gasteiger partial charge in [0.2, 0.25) is 0 Å². The molecule has 0 radical (unpaired) electrons. The van der Waals surface area contributed by atoms with E-state index in [-0.39, 0.29) is 10.0 Å². The Balaban J connectivity index is 3.08. The van der Waals surface area contributed by atoms with E-state index in [4.69, 9.17) is 28.9 Å².